The van der Waals surface area contributed by atoms with E-state index in [4.69, 9.17) is 0 Å². The average Bonchev–Trinajstić information content (AvgIpc) is 2.47. The molecule has 0 saturated heterocycles. The number of hydrogen-bond donors (Lipinski definition) is 2. The van der Waals surface area contributed by atoms with Crippen LogP contribution in [0.5, 0.6) is 0 Å². The molecule has 5 nitrogen and oxygen atoms in total. The second-order valence-corrected chi connectivity index (χ2v) is 4.69. The Morgan fingerprint density at radius 1 is 1.14 bits per heavy atom. The van der Waals surface area contributed by atoms with Gasteiger partial charge in [-0.05, 0) is 31.2 Å². The lowest BCUT2D eigenvalue weighted by molar-refractivity contribution is 0.101. The third kappa shape index (κ3) is 2.67. The summed E-state index contributed by atoms with van der Waals surface area (Å²) < 4.78 is 0. The average molecular weight is 279 g/mol. The zero-order valence-electron chi connectivity index (χ0n) is 11.4. The number of aromatic amines is 1. The minimum absolute atomic E-state index is 0.0152. The standard InChI is InChI=1S/C16H13N3O2/c1-10(20)11-5-4-6-12(9-11)17-16-18-14-8-3-2-7-13(14)15(21)19-16/h2-9H,1H3,(H2,17,18,19,21). The molecular formula is C16H13N3O2. The van der Waals surface area contributed by atoms with E-state index in [1.54, 1.807) is 36.4 Å². The van der Waals surface area contributed by atoms with Crippen LogP contribution in [-0.4, -0.2) is 15.8 Å². The highest BCUT2D eigenvalue weighted by Gasteiger charge is 2.05. The maximum absolute atomic E-state index is 12.0. The van der Waals surface area contributed by atoms with Crippen LogP contribution in [0.25, 0.3) is 10.9 Å². The number of rotatable bonds is 3. The van der Waals surface area contributed by atoms with Gasteiger partial charge in [0.2, 0.25) is 5.95 Å². The molecule has 2 N–H and O–H groups in total. The van der Waals surface area contributed by atoms with E-state index in [9.17, 15) is 9.59 Å². The topological polar surface area (TPSA) is 74.8 Å². The fraction of sp³-hybridized carbons (Fsp3) is 0.0625. The Balaban J connectivity index is 2.00. The molecular weight excluding hydrogens is 266 g/mol. The molecule has 0 atom stereocenters. The number of carbonyl (C=O) groups excluding carboxylic acids is 1. The lowest BCUT2D eigenvalue weighted by Gasteiger charge is -2.07. The van der Waals surface area contributed by atoms with Gasteiger partial charge in [-0.3, -0.25) is 14.6 Å². The molecule has 0 aliphatic rings. The number of benzene rings is 2. The Bertz CT molecular complexity index is 884. The van der Waals surface area contributed by atoms with Crippen LogP contribution >= 0.6 is 0 Å². The van der Waals surface area contributed by atoms with Crippen molar-refractivity contribution in [2.24, 2.45) is 0 Å². The molecule has 0 fully saturated rings. The number of Topliss-reactive ketones (excluding diaryl/α,β-unsaturated/α-hetero) is 1. The number of ketones is 1. The van der Waals surface area contributed by atoms with Crippen LogP contribution in [0.3, 0.4) is 0 Å². The minimum atomic E-state index is -0.203. The predicted molar refractivity (Wildman–Crippen MR) is 82.1 cm³/mol. The Morgan fingerprint density at radius 2 is 1.95 bits per heavy atom. The number of nitrogens with one attached hydrogen (secondary N) is 2. The van der Waals surface area contributed by atoms with Gasteiger partial charge < -0.3 is 5.32 Å². The maximum atomic E-state index is 12.0. The number of nitrogens with zero attached hydrogens (tertiary/aromatic N) is 1. The second-order valence-electron chi connectivity index (χ2n) is 4.69. The van der Waals surface area contributed by atoms with E-state index >= 15 is 0 Å². The van der Waals surface area contributed by atoms with Gasteiger partial charge in [-0.1, -0.05) is 24.3 Å². The van der Waals surface area contributed by atoms with Crippen LogP contribution in [0.1, 0.15) is 17.3 Å². The first kappa shape index (κ1) is 13.1. The highest BCUT2D eigenvalue weighted by molar-refractivity contribution is 5.95. The Morgan fingerprint density at radius 3 is 2.76 bits per heavy atom. The zero-order chi connectivity index (χ0) is 14.8. The van der Waals surface area contributed by atoms with Crippen LogP contribution < -0.4 is 10.9 Å². The molecule has 0 amide bonds. The molecule has 21 heavy (non-hydrogen) atoms. The number of H-pyrrole nitrogens is 1. The van der Waals surface area contributed by atoms with E-state index < -0.39 is 0 Å². The van der Waals surface area contributed by atoms with Crippen molar-refractivity contribution < 1.29 is 4.79 Å². The SMILES string of the molecule is CC(=O)c1cccc(Nc2nc3ccccc3c(=O)[nH]2)c1. The van der Waals surface area contributed by atoms with Gasteiger partial charge in [0.1, 0.15) is 0 Å². The Labute approximate surface area is 120 Å². The van der Waals surface area contributed by atoms with Gasteiger partial charge in [-0.15, -0.1) is 0 Å². The quantitative estimate of drug-likeness (QED) is 0.723. The molecule has 3 rings (SSSR count). The normalized spacial score (nSPS) is 10.5. The third-order valence-corrected chi connectivity index (χ3v) is 3.14. The fourth-order valence-electron chi connectivity index (χ4n) is 2.10. The van der Waals surface area contributed by atoms with Crippen LogP contribution in [0.4, 0.5) is 11.6 Å². The summed E-state index contributed by atoms with van der Waals surface area (Å²) in [5.41, 5.74) is 1.71. The molecule has 0 aliphatic heterocycles. The summed E-state index contributed by atoms with van der Waals surface area (Å²) in [5, 5.41) is 3.56. The Hall–Kier alpha value is -2.95. The molecule has 0 spiro atoms. The maximum Gasteiger partial charge on any atom is 0.260 e. The van der Waals surface area contributed by atoms with Crippen molar-refractivity contribution >= 4 is 28.3 Å². The molecule has 3 aromatic rings. The molecule has 1 aromatic heterocycles. The fourth-order valence-corrected chi connectivity index (χ4v) is 2.10. The second kappa shape index (κ2) is 5.20. The van der Waals surface area contributed by atoms with Gasteiger partial charge in [0.25, 0.3) is 5.56 Å². The number of hydrogen-bond acceptors (Lipinski definition) is 4. The summed E-state index contributed by atoms with van der Waals surface area (Å²) in [5.74, 6) is 0.331. The number of carbonyl (C=O) groups is 1. The summed E-state index contributed by atoms with van der Waals surface area (Å²) in [7, 11) is 0. The van der Waals surface area contributed by atoms with Gasteiger partial charge in [0.15, 0.2) is 5.78 Å². The van der Waals surface area contributed by atoms with Gasteiger partial charge in [0, 0.05) is 11.3 Å². The lowest BCUT2D eigenvalue weighted by atomic mass is 10.1. The summed E-state index contributed by atoms with van der Waals surface area (Å²) >= 11 is 0. The summed E-state index contributed by atoms with van der Waals surface area (Å²) in [6, 6.07) is 14.2. The summed E-state index contributed by atoms with van der Waals surface area (Å²) in [4.78, 5) is 30.4. The number of anilines is 2. The van der Waals surface area contributed by atoms with Gasteiger partial charge in [0.05, 0.1) is 10.9 Å². The Kier molecular flexibility index (Phi) is 3.23. The monoisotopic (exact) mass is 279 g/mol. The van der Waals surface area contributed by atoms with E-state index in [1.807, 2.05) is 12.1 Å². The van der Waals surface area contributed by atoms with Crippen molar-refractivity contribution in [3.63, 3.8) is 0 Å². The first-order valence-corrected chi connectivity index (χ1v) is 6.50. The molecule has 0 bridgehead atoms. The van der Waals surface area contributed by atoms with Gasteiger partial charge >= 0.3 is 0 Å². The van der Waals surface area contributed by atoms with E-state index in [-0.39, 0.29) is 11.3 Å². The largest absolute Gasteiger partial charge is 0.326 e. The van der Waals surface area contributed by atoms with Crippen molar-refractivity contribution in [2.75, 3.05) is 5.32 Å². The van der Waals surface area contributed by atoms with Crippen molar-refractivity contribution in [3.05, 3.63) is 64.4 Å². The van der Waals surface area contributed by atoms with Crippen LogP contribution in [0.2, 0.25) is 0 Å². The van der Waals surface area contributed by atoms with Crippen molar-refractivity contribution in [3.8, 4) is 0 Å². The highest BCUT2D eigenvalue weighted by Crippen LogP contribution is 2.16. The number of fused-ring (bicyclic) bond motifs is 1. The molecule has 0 aliphatic carbocycles. The van der Waals surface area contributed by atoms with Gasteiger partial charge in [-0.2, -0.15) is 0 Å². The smallest absolute Gasteiger partial charge is 0.260 e. The molecule has 104 valence electrons. The number of aromatic nitrogens is 2. The zero-order valence-corrected chi connectivity index (χ0v) is 11.4. The lowest BCUT2D eigenvalue weighted by Crippen LogP contribution is -2.11. The molecule has 0 unspecified atom stereocenters. The molecule has 0 radical (unpaired) electrons. The van der Waals surface area contributed by atoms with E-state index in [0.29, 0.717) is 28.1 Å². The van der Waals surface area contributed by atoms with Crippen LogP contribution in [0.15, 0.2) is 53.3 Å². The van der Waals surface area contributed by atoms with E-state index in [2.05, 4.69) is 15.3 Å². The van der Waals surface area contributed by atoms with E-state index in [1.165, 1.54) is 6.92 Å². The van der Waals surface area contributed by atoms with Gasteiger partial charge in [-0.25, -0.2) is 4.98 Å². The number of para-hydroxylation sites is 1. The minimum Gasteiger partial charge on any atom is -0.326 e. The molecule has 5 heteroatoms. The van der Waals surface area contributed by atoms with Crippen molar-refractivity contribution in [1.29, 1.82) is 0 Å². The van der Waals surface area contributed by atoms with Crippen LogP contribution in [0, 0.1) is 0 Å². The summed E-state index contributed by atoms with van der Waals surface area (Å²) in [6.07, 6.45) is 0. The third-order valence-electron chi connectivity index (χ3n) is 3.14. The highest BCUT2D eigenvalue weighted by atomic mass is 16.1. The first-order valence-electron chi connectivity index (χ1n) is 6.50. The molecule has 0 saturated carbocycles. The van der Waals surface area contributed by atoms with Crippen LogP contribution in [-0.2, 0) is 0 Å². The summed E-state index contributed by atoms with van der Waals surface area (Å²) in [6.45, 7) is 1.51. The van der Waals surface area contributed by atoms with E-state index in [0.717, 1.165) is 0 Å². The molecule has 2 aromatic carbocycles. The first-order chi connectivity index (χ1) is 10.1. The molecule has 1 heterocycles. The van der Waals surface area contributed by atoms with Crippen molar-refractivity contribution in [1.82, 2.24) is 9.97 Å². The predicted octanol–water partition coefficient (Wildman–Crippen LogP) is 2.87. The van der Waals surface area contributed by atoms with Crippen molar-refractivity contribution in [2.45, 2.75) is 6.92 Å².